The fourth-order valence-corrected chi connectivity index (χ4v) is 0.826. The number of hydrogen-bond donors (Lipinski definition) is 2. The second-order valence-electron chi connectivity index (χ2n) is 2.15. The van der Waals surface area contributed by atoms with Gasteiger partial charge in [-0.25, -0.2) is 0 Å². The molecule has 0 saturated carbocycles. The van der Waals surface area contributed by atoms with E-state index in [0.29, 0.717) is 6.42 Å². The van der Waals surface area contributed by atoms with Gasteiger partial charge in [-0.15, -0.1) is 0 Å². The molecule has 0 amide bonds. The highest BCUT2D eigenvalue weighted by atomic mass is 16.5. The van der Waals surface area contributed by atoms with Gasteiger partial charge in [0.2, 0.25) is 0 Å². The smallest absolute Gasteiger partial charge is 0.155 e. The van der Waals surface area contributed by atoms with Crippen LogP contribution in [0.1, 0.15) is 6.42 Å². The van der Waals surface area contributed by atoms with Gasteiger partial charge in [-0.3, -0.25) is 0 Å². The normalized spacial score (nSPS) is 25.5. The molecule has 0 aromatic rings. The average Bonchev–Trinajstić information content (AvgIpc) is 1.95. The molecular weight excluding hydrogens is 132 g/mol. The van der Waals surface area contributed by atoms with Crippen molar-refractivity contribution >= 4 is 0 Å². The summed E-state index contributed by atoms with van der Waals surface area (Å²) in [6.07, 6.45) is 3.53. The Bertz CT molecular complexity index is 181. The third-order valence-electron chi connectivity index (χ3n) is 1.45. The van der Waals surface area contributed by atoms with Crippen LogP contribution in [-0.4, -0.2) is 23.4 Å². The van der Waals surface area contributed by atoms with Crippen molar-refractivity contribution in [2.24, 2.45) is 0 Å². The molecule has 3 heteroatoms. The number of methoxy groups -OCH3 is 1. The van der Waals surface area contributed by atoms with E-state index in [1.54, 1.807) is 7.11 Å². The highest BCUT2D eigenvalue weighted by molar-refractivity contribution is 5.23. The molecule has 56 valence electrons. The predicted octanol–water partition coefficient (Wildman–Crippen LogP) is 1.29. The molecule has 1 aliphatic rings. The van der Waals surface area contributed by atoms with Crippen LogP contribution in [0.15, 0.2) is 23.7 Å². The van der Waals surface area contributed by atoms with Crippen LogP contribution in [0.4, 0.5) is 0 Å². The molecule has 10 heavy (non-hydrogen) atoms. The lowest BCUT2D eigenvalue weighted by Crippen LogP contribution is -2.11. The maximum absolute atomic E-state index is 8.94. The monoisotopic (exact) mass is 142 g/mol. The van der Waals surface area contributed by atoms with Crippen LogP contribution in [0.25, 0.3) is 0 Å². The van der Waals surface area contributed by atoms with E-state index in [9.17, 15) is 0 Å². The van der Waals surface area contributed by atoms with Crippen molar-refractivity contribution in [3.05, 3.63) is 23.7 Å². The van der Waals surface area contributed by atoms with Gasteiger partial charge in [-0.05, 0) is 18.6 Å². The summed E-state index contributed by atoms with van der Waals surface area (Å²) in [5, 5.41) is 17.8. The second kappa shape index (κ2) is 2.75. The Balaban J connectivity index is 2.66. The molecule has 1 unspecified atom stereocenters. The molecule has 3 nitrogen and oxygen atoms in total. The SMILES string of the molecule is COC1C=C(O)C(O)=CC1. The first kappa shape index (κ1) is 7.15. The summed E-state index contributed by atoms with van der Waals surface area (Å²) in [6.45, 7) is 0. The summed E-state index contributed by atoms with van der Waals surface area (Å²) in [7, 11) is 1.56. The summed E-state index contributed by atoms with van der Waals surface area (Å²) in [6, 6.07) is 0. The lowest BCUT2D eigenvalue weighted by molar-refractivity contribution is 0.134. The first-order chi connectivity index (χ1) is 4.74. The molecule has 0 spiro atoms. The molecular formula is C7H10O3. The zero-order valence-electron chi connectivity index (χ0n) is 5.74. The number of ether oxygens (including phenoxy) is 1. The molecule has 0 bridgehead atoms. The van der Waals surface area contributed by atoms with Gasteiger partial charge in [0.05, 0.1) is 6.10 Å². The van der Waals surface area contributed by atoms with E-state index in [4.69, 9.17) is 14.9 Å². The third-order valence-corrected chi connectivity index (χ3v) is 1.45. The highest BCUT2D eigenvalue weighted by Crippen LogP contribution is 2.15. The first-order valence-corrected chi connectivity index (χ1v) is 3.07. The van der Waals surface area contributed by atoms with Crippen molar-refractivity contribution in [2.45, 2.75) is 12.5 Å². The van der Waals surface area contributed by atoms with Crippen LogP contribution >= 0.6 is 0 Å². The molecule has 0 aromatic heterocycles. The fraction of sp³-hybridized carbons (Fsp3) is 0.429. The standard InChI is InChI=1S/C7H10O3/c1-10-5-2-3-6(8)7(9)4-5/h3-5,8-9H,2H2,1H3. The lowest BCUT2D eigenvalue weighted by Gasteiger charge is -2.13. The van der Waals surface area contributed by atoms with Crippen LogP contribution in [0.3, 0.4) is 0 Å². The molecule has 0 heterocycles. The van der Waals surface area contributed by atoms with Crippen LogP contribution < -0.4 is 0 Å². The van der Waals surface area contributed by atoms with Crippen molar-refractivity contribution in [2.75, 3.05) is 7.11 Å². The Morgan fingerprint density at radius 3 is 2.70 bits per heavy atom. The first-order valence-electron chi connectivity index (χ1n) is 3.07. The lowest BCUT2D eigenvalue weighted by atomic mass is 10.1. The van der Waals surface area contributed by atoms with Gasteiger partial charge < -0.3 is 14.9 Å². The molecule has 0 saturated heterocycles. The van der Waals surface area contributed by atoms with Gasteiger partial charge in [0.25, 0.3) is 0 Å². The maximum Gasteiger partial charge on any atom is 0.155 e. The Kier molecular flexibility index (Phi) is 1.97. The van der Waals surface area contributed by atoms with Gasteiger partial charge in [0.15, 0.2) is 11.5 Å². The Hall–Kier alpha value is -0.960. The molecule has 0 aliphatic heterocycles. The Morgan fingerprint density at radius 2 is 2.20 bits per heavy atom. The number of aliphatic hydroxyl groups is 2. The minimum Gasteiger partial charge on any atom is -0.504 e. The Labute approximate surface area is 59.2 Å². The number of aliphatic hydroxyl groups excluding tert-OH is 2. The van der Waals surface area contributed by atoms with Crippen LogP contribution in [-0.2, 0) is 4.74 Å². The minimum absolute atomic E-state index is 0.0618. The molecule has 1 atom stereocenters. The summed E-state index contributed by atoms with van der Waals surface area (Å²) < 4.78 is 4.92. The molecule has 0 radical (unpaired) electrons. The average molecular weight is 142 g/mol. The zero-order chi connectivity index (χ0) is 7.56. The van der Waals surface area contributed by atoms with E-state index in [0.717, 1.165) is 0 Å². The Morgan fingerprint density at radius 1 is 1.50 bits per heavy atom. The van der Waals surface area contributed by atoms with E-state index in [1.165, 1.54) is 12.2 Å². The van der Waals surface area contributed by atoms with Crippen molar-refractivity contribution < 1.29 is 14.9 Å². The third kappa shape index (κ3) is 1.30. The van der Waals surface area contributed by atoms with Crippen LogP contribution in [0, 0.1) is 0 Å². The number of hydrogen-bond acceptors (Lipinski definition) is 3. The topological polar surface area (TPSA) is 49.7 Å². The fourth-order valence-electron chi connectivity index (χ4n) is 0.826. The van der Waals surface area contributed by atoms with Gasteiger partial charge >= 0.3 is 0 Å². The van der Waals surface area contributed by atoms with E-state index in [1.807, 2.05) is 0 Å². The molecule has 0 aromatic carbocycles. The summed E-state index contributed by atoms with van der Waals surface area (Å²) in [5.41, 5.74) is 0. The van der Waals surface area contributed by atoms with Crippen LogP contribution in [0.2, 0.25) is 0 Å². The summed E-state index contributed by atoms with van der Waals surface area (Å²) in [5.74, 6) is -0.161. The van der Waals surface area contributed by atoms with Gasteiger partial charge in [0, 0.05) is 7.11 Å². The summed E-state index contributed by atoms with van der Waals surface area (Å²) in [4.78, 5) is 0. The molecule has 0 fully saturated rings. The van der Waals surface area contributed by atoms with E-state index >= 15 is 0 Å². The van der Waals surface area contributed by atoms with Crippen LogP contribution in [0.5, 0.6) is 0 Å². The van der Waals surface area contributed by atoms with Gasteiger partial charge in [-0.2, -0.15) is 0 Å². The number of rotatable bonds is 1. The molecule has 1 aliphatic carbocycles. The molecule has 1 rings (SSSR count). The van der Waals surface area contributed by atoms with Crippen molar-refractivity contribution in [3.63, 3.8) is 0 Å². The predicted molar refractivity (Wildman–Crippen MR) is 36.8 cm³/mol. The second-order valence-corrected chi connectivity index (χ2v) is 2.15. The zero-order valence-corrected chi connectivity index (χ0v) is 5.74. The van der Waals surface area contributed by atoms with Gasteiger partial charge in [0.1, 0.15) is 0 Å². The van der Waals surface area contributed by atoms with E-state index in [-0.39, 0.29) is 17.6 Å². The van der Waals surface area contributed by atoms with Crippen molar-refractivity contribution in [1.82, 2.24) is 0 Å². The van der Waals surface area contributed by atoms with Gasteiger partial charge in [-0.1, -0.05) is 0 Å². The van der Waals surface area contributed by atoms with Crippen molar-refractivity contribution in [1.29, 1.82) is 0 Å². The molecule has 2 N–H and O–H groups in total. The largest absolute Gasteiger partial charge is 0.504 e. The maximum atomic E-state index is 8.94. The van der Waals surface area contributed by atoms with E-state index < -0.39 is 0 Å². The summed E-state index contributed by atoms with van der Waals surface area (Å²) >= 11 is 0. The highest BCUT2D eigenvalue weighted by Gasteiger charge is 2.12. The quantitative estimate of drug-likeness (QED) is 0.580. The van der Waals surface area contributed by atoms with E-state index in [2.05, 4.69) is 0 Å². The van der Waals surface area contributed by atoms with Crippen molar-refractivity contribution in [3.8, 4) is 0 Å². The minimum atomic E-state index is -0.101.